The second-order valence-electron chi connectivity index (χ2n) is 4.45. The lowest BCUT2D eigenvalue weighted by atomic mass is 10.0. The third kappa shape index (κ3) is 3.60. The van der Waals surface area contributed by atoms with E-state index in [2.05, 4.69) is 30.6 Å². The van der Waals surface area contributed by atoms with E-state index < -0.39 is 0 Å². The van der Waals surface area contributed by atoms with Crippen LogP contribution in [0.15, 0.2) is 0 Å². The molecule has 0 aromatic rings. The van der Waals surface area contributed by atoms with Crippen molar-refractivity contribution in [2.75, 3.05) is 26.5 Å². The highest BCUT2D eigenvalue weighted by Crippen LogP contribution is 2.21. The van der Waals surface area contributed by atoms with Gasteiger partial charge in [0.1, 0.15) is 5.05 Å². The van der Waals surface area contributed by atoms with Crippen molar-refractivity contribution >= 4 is 16.4 Å². The van der Waals surface area contributed by atoms with Crippen LogP contribution >= 0.6 is 11.4 Å². The van der Waals surface area contributed by atoms with Crippen molar-refractivity contribution in [2.24, 2.45) is 0 Å². The summed E-state index contributed by atoms with van der Waals surface area (Å²) in [5.41, 5.74) is -0.202. The number of hydrogen-bond acceptors (Lipinski definition) is 2. The first-order valence-corrected chi connectivity index (χ1v) is 6.80. The van der Waals surface area contributed by atoms with Crippen LogP contribution in [0.2, 0.25) is 0 Å². The monoisotopic (exact) mass is 243 g/mol. The van der Waals surface area contributed by atoms with Crippen LogP contribution in [0, 0.1) is 11.8 Å². The lowest BCUT2D eigenvalue weighted by molar-refractivity contribution is 0.0964. The molecular formula is C12H21NO2S. The molecule has 1 aliphatic rings. The summed E-state index contributed by atoms with van der Waals surface area (Å²) < 4.78 is 5.34. The van der Waals surface area contributed by atoms with Gasteiger partial charge in [0.25, 0.3) is 0 Å². The predicted octanol–water partition coefficient (Wildman–Crippen LogP) is 1.27. The number of methoxy groups -OCH3 is 1. The van der Waals surface area contributed by atoms with Crippen molar-refractivity contribution in [1.29, 1.82) is 0 Å². The van der Waals surface area contributed by atoms with Crippen LogP contribution in [0.5, 0.6) is 0 Å². The highest BCUT2D eigenvalue weighted by atomic mass is 32.1. The molecule has 92 valence electrons. The fraction of sp³-hybridized carbons (Fsp3) is 0.750. The fourth-order valence-electron chi connectivity index (χ4n) is 1.77. The molecule has 3 nitrogen and oxygen atoms in total. The third-order valence-corrected chi connectivity index (χ3v) is 3.50. The molecule has 1 atom stereocenters. The number of hydrogen-bond donors (Lipinski definition) is 2. The number of rotatable bonds is 2. The Kier molecular flexibility index (Phi) is 5.00. The maximum Gasteiger partial charge on any atom is 0.145 e. The number of aliphatic hydroxyl groups is 1. The van der Waals surface area contributed by atoms with E-state index in [1.165, 1.54) is 0 Å². The Hall–Kier alpha value is -0.340. The summed E-state index contributed by atoms with van der Waals surface area (Å²) in [5.74, 6) is 5.93. The summed E-state index contributed by atoms with van der Waals surface area (Å²) in [4.78, 5) is 2.30. The van der Waals surface area contributed by atoms with E-state index in [9.17, 15) is 5.11 Å². The molecule has 16 heavy (non-hydrogen) atoms. The maximum atomic E-state index is 9.35. The molecule has 0 aromatic carbocycles. The SMILES string of the molecule is COC1CCN(C(C)(C)C#CC(O)=[SH]C)C1. The molecule has 1 aliphatic heterocycles. The molecule has 0 saturated carbocycles. The van der Waals surface area contributed by atoms with Crippen LogP contribution in [-0.4, -0.2) is 53.2 Å². The van der Waals surface area contributed by atoms with Crippen molar-refractivity contribution < 1.29 is 9.84 Å². The van der Waals surface area contributed by atoms with Gasteiger partial charge in [-0.15, -0.1) is 0 Å². The summed E-state index contributed by atoms with van der Waals surface area (Å²) in [6.45, 7) is 6.09. The zero-order chi connectivity index (χ0) is 12.2. The van der Waals surface area contributed by atoms with Gasteiger partial charge in [-0.3, -0.25) is 4.90 Å². The van der Waals surface area contributed by atoms with Crippen LogP contribution in [0.3, 0.4) is 0 Å². The Morgan fingerprint density at radius 1 is 1.56 bits per heavy atom. The fourth-order valence-corrected chi connectivity index (χ4v) is 1.94. The molecule has 0 radical (unpaired) electrons. The number of thiol groups is 1. The van der Waals surface area contributed by atoms with Crippen LogP contribution in [0.1, 0.15) is 20.3 Å². The maximum absolute atomic E-state index is 9.35. The first-order chi connectivity index (χ1) is 7.49. The zero-order valence-corrected chi connectivity index (χ0v) is 11.3. The van der Waals surface area contributed by atoms with E-state index in [1.54, 1.807) is 7.11 Å². The zero-order valence-electron chi connectivity index (χ0n) is 10.4. The number of aliphatic hydroxyl groups excluding tert-OH is 1. The van der Waals surface area contributed by atoms with Gasteiger partial charge < -0.3 is 9.84 Å². The summed E-state index contributed by atoms with van der Waals surface area (Å²) in [6, 6.07) is 0. The van der Waals surface area contributed by atoms with Gasteiger partial charge in [-0.25, -0.2) is 0 Å². The van der Waals surface area contributed by atoms with Gasteiger partial charge in [0.2, 0.25) is 0 Å². The summed E-state index contributed by atoms with van der Waals surface area (Å²) in [7, 11) is 1.75. The number of ether oxygens (including phenoxy) is 1. The van der Waals surface area contributed by atoms with Gasteiger partial charge >= 0.3 is 0 Å². The van der Waals surface area contributed by atoms with E-state index in [4.69, 9.17) is 4.74 Å². The normalized spacial score (nSPS) is 23.6. The first kappa shape index (κ1) is 13.7. The molecule has 1 unspecified atom stereocenters. The van der Waals surface area contributed by atoms with Crippen molar-refractivity contribution in [3.63, 3.8) is 0 Å². The van der Waals surface area contributed by atoms with Crippen molar-refractivity contribution in [3.05, 3.63) is 0 Å². The molecular weight excluding hydrogens is 222 g/mol. The number of likely N-dealkylation sites (tertiary alicyclic amines) is 1. The predicted molar refractivity (Wildman–Crippen MR) is 71.4 cm³/mol. The minimum absolute atomic E-state index is 0.202. The summed E-state index contributed by atoms with van der Waals surface area (Å²) >= 11 is 0.823. The average molecular weight is 243 g/mol. The van der Waals surface area contributed by atoms with Crippen molar-refractivity contribution in [3.8, 4) is 11.8 Å². The van der Waals surface area contributed by atoms with Crippen LogP contribution in [0.4, 0.5) is 0 Å². The average Bonchev–Trinajstić information content (AvgIpc) is 2.75. The molecule has 1 fully saturated rings. The molecule has 1 heterocycles. The molecule has 1 saturated heterocycles. The van der Waals surface area contributed by atoms with E-state index in [1.807, 2.05) is 6.26 Å². The van der Waals surface area contributed by atoms with E-state index >= 15 is 0 Å². The number of nitrogens with zero attached hydrogens (tertiary/aromatic N) is 1. The molecule has 4 heteroatoms. The minimum Gasteiger partial charge on any atom is -0.380 e. The van der Waals surface area contributed by atoms with Crippen LogP contribution < -0.4 is 0 Å². The second-order valence-corrected chi connectivity index (χ2v) is 5.32. The van der Waals surface area contributed by atoms with Gasteiger partial charge in [-0.1, -0.05) is 5.92 Å². The molecule has 1 rings (SSSR count). The quantitative estimate of drug-likeness (QED) is 0.435. The van der Waals surface area contributed by atoms with Gasteiger partial charge in [0.05, 0.1) is 11.6 Å². The lowest BCUT2D eigenvalue weighted by Crippen LogP contribution is -2.41. The Morgan fingerprint density at radius 2 is 2.25 bits per heavy atom. The van der Waals surface area contributed by atoms with Crippen molar-refractivity contribution in [1.82, 2.24) is 4.90 Å². The molecule has 1 N–H and O–H groups in total. The summed E-state index contributed by atoms with van der Waals surface area (Å²) in [5, 5.41) is 9.58. The van der Waals surface area contributed by atoms with Crippen LogP contribution in [0.25, 0.3) is 0 Å². The van der Waals surface area contributed by atoms with Crippen LogP contribution in [-0.2, 0) is 4.74 Å². The van der Waals surface area contributed by atoms with Gasteiger partial charge in [0, 0.05) is 20.2 Å². The first-order valence-electron chi connectivity index (χ1n) is 5.46. The largest absolute Gasteiger partial charge is 0.380 e. The van der Waals surface area contributed by atoms with E-state index in [-0.39, 0.29) is 10.6 Å². The smallest absolute Gasteiger partial charge is 0.145 e. The lowest BCUT2D eigenvalue weighted by Gasteiger charge is -2.30. The van der Waals surface area contributed by atoms with Crippen molar-refractivity contribution in [2.45, 2.75) is 31.9 Å². The highest BCUT2D eigenvalue weighted by Gasteiger charge is 2.32. The van der Waals surface area contributed by atoms with Gasteiger partial charge in [-0.2, -0.15) is 11.4 Å². The molecule has 0 aliphatic carbocycles. The Labute approximate surface area is 102 Å². The molecule has 0 aromatic heterocycles. The Morgan fingerprint density at radius 3 is 2.75 bits per heavy atom. The Bertz CT molecular complexity index is 328. The molecule has 0 bridgehead atoms. The van der Waals surface area contributed by atoms with E-state index in [0.29, 0.717) is 6.10 Å². The Balaban J connectivity index is 2.67. The standard InChI is InChI=1S/C12H21NO2S/c1-12(2,7-5-11(14)16-4)13-8-6-10(9-13)15-3/h10,14,16H,6,8-9H2,1-4H3. The third-order valence-electron chi connectivity index (χ3n) is 2.96. The topological polar surface area (TPSA) is 32.7 Å². The second kappa shape index (κ2) is 5.83. The summed E-state index contributed by atoms with van der Waals surface area (Å²) in [6.07, 6.45) is 3.25. The highest BCUT2D eigenvalue weighted by molar-refractivity contribution is 7.98. The van der Waals surface area contributed by atoms with Gasteiger partial charge in [-0.05, 0) is 32.4 Å². The van der Waals surface area contributed by atoms with E-state index in [0.717, 1.165) is 30.9 Å². The minimum atomic E-state index is -0.202. The molecule has 0 spiro atoms. The van der Waals surface area contributed by atoms with Gasteiger partial charge in [0.15, 0.2) is 0 Å². The molecule has 0 amide bonds.